The van der Waals surface area contributed by atoms with Crippen molar-refractivity contribution in [3.05, 3.63) is 58.1 Å². The summed E-state index contributed by atoms with van der Waals surface area (Å²) in [4.78, 5) is 27.2. The molecule has 31 heavy (non-hydrogen) atoms. The van der Waals surface area contributed by atoms with E-state index in [0.29, 0.717) is 34.0 Å². The number of rotatable bonds is 10. The second-order valence-electron chi connectivity index (χ2n) is 7.55. The van der Waals surface area contributed by atoms with Gasteiger partial charge in [0.15, 0.2) is 6.61 Å². The van der Waals surface area contributed by atoms with E-state index in [9.17, 15) is 9.59 Å². The van der Waals surface area contributed by atoms with Gasteiger partial charge < -0.3 is 19.7 Å². The second-order valence-corrected chi connectivity index (χ2v) is 8.39. The molecule has 0 aromatic heterocycles. The molecule has 0 spiro atoms. The van der Waals surface area contributed by atoms with Gasteiger partial charge in [-0.1, -0.05) is 49.2 Å². The maximum atomic E-state index is 13.0. The van der Waals surface area contributed by atoms with Crippen LogP contribution in [-0.4, -0.2) is 43.0 Å². The second kappa shape index (κ2) is 11.8. The van der Waals surface area contributed by atoms with Gasteiger partial charge in [0.05, 0.1) is 12.1 Å². The molecular formula is C23H28Cl2N2O4. The molecular weight excluding hydrogens is 439 g/mol. The molecule has 1 unspecified atom stereocenters. The average molecular weight is 467 g/mol. The number of benzene rings is 2. The summed E-state index contributed by atoms with van der Waals surface area (Å²) in [5, 5.41) is 3.66. The van der Waals surface area contributed by atoms with Crippen LogP contribution in [0.5, 0.6) is 11.5 Å². The van der Waals surface area contributed by atoms with Crippen molar-refractivity contribution >= 4 is 35.0 Å². The summed E-state index contributed by atoms with van der Waals surface area (Å²) in [7, 11) is 1.59. The van der Waals surface area contributed by atoms with Gasteiger partial charge in [-0.3, -0.25) is 9.59 Å². The Morgan fingerprint density at radius 2 is 1.74 bits per heavy atom. The topological polar surface area (TPSA) is 67.9 Å². The number of carbonyl (C=O) groups is 2. The van der Waals surface area contributed by atoms with E-state index in [2.05, 4.69) is 5.32 Å². The van der Waals surface area contributed by atoms with Crippen molar-refractivity contribution in [2.75, 3.05) is 20.3 Å². The van der Waals surface area contributed by atoms with Crippen molar-refractivity contribution in [2.45, 2.75) is 33.4 Å². The van der Waals surface area contributed by atoms with Crippen LogP contribution >= 0.6 is 23.2 Å². The Morgan fingerprint density at radius 1 is 1.06 bits per heavy atom. The molecule has 6 nitrogen and oxygen atoms in total. The summed E-state index contributed by atoms with van der Waals surface area (Å²) in [6.45, 7) is 6.23. The highest BCUT2D eigenvalue weighted by atomic mass is 35.5. The normalized spacial score (nSPS) is 11.7. The maximum Gasteiger partial charge on any atom is 0.261 e. The molecule has 0 aliphatic rings. The maximum absolute atomic E-state index is 13.0. The summed E-state index contributed by atoms with van der Waals surface area (Å²) < 4.78 is 10.8. The minimum absolute atomic E-state index is 0.222. The molecule has 1 atom stereocenters. The lowest BCUT2D eigenvalue weighted by molar-refractivity contribution is -0.142. The first-order valence-electron chi connectivity index (χ1n) is 9.99. The molecule has 168 valence electrons. The molecule has 2 aromatic rings. The predicted molar refractivity (Wildman–Crippen MR) is 123 cm³/mol. The SMILES string of the molecule is COc1ccc(CN(C(=O)COc2ccc(Cl)cc2Cl)C(C)C(=O)NCC(C)C)cc1. The zero-order valence-electron chi connectivity index (χ0n) is 18.2. The molecule has 0 fully saturated rings. The molecule has 0 aliphatic carbocycles. The first-order valence-corrected chi connectivity index (χ1v) is 10.7. The monoisotopic (exact) mass is 466 g/mol. The molecule has 0 aliphatic heterocycles. The highest BCUT2D eigenvalue weighted by molar-refractivity contribution is 6.35. The number of nitrogens with zero attached hydrogens (tertiary/aromatic N) is 1. The number of hydrogen-bond donors (Lipinski definition) is 1. The van der Waals surface area contributed by atoms with Crippen LogP contribution in [0.15, 0.2) is 42.5 Å². The molecule has 0 bridgehead atoms. The smallest absolute Gasteiger partial charge is 0.261 e. The van der Waals surface area contributed by atoms with Gasteiger partial charge in [-0.25, -0.2) is 0 Å². The summed E-state index contributed by atoms with van der Waals surface area (Å²) in [6, 6.07) is 11.4. The van der Waals surface area contributed by atoms with Crippen LogP contribution in [0.2, 0.25) is 10.0 Å². The fourth-order valence-electron chi connectivity index (χ4n) is 2.78. The summed E-state index contributed by atoms with van der Waals surface area (Å²) >= 11 is 12.0. The van der Waals surface area contributed by atoms with Crippen LogP contribution in [0, 0.1) is 5.92 Å². The number of nitrogens with one attached hydrogen (secondary N) is 1. The number of methoxy groups -OCH3 is 1. The Balaban J connectivity index is 2.15. The summed E-state index contributed by atoms with van der Waals surface area (Å²) in [5.41, 5.74) is 0.863. The fourth-order valence-corrected chi connectivity index (χ4v) is 3.24. The predicted octanol–water partition coefficient (Wildman–Crippen LogP) is 4.57. The number of carbonyl (C=O) groups excluding carboxylic acids is 2. The van der Waals surface area contributed by atoms with Gasteiger partial charge in [-0.15, -0.1) is 0 Å². The summed E-state index contributed by atoms with van der Waals surface area (Å²) in [6.07, 6.45) is 0. The van der Waals surface area contributed by atoms with Crippen LogP contribution < -0.4 is 14.8 Å². The molecule has 0 radical (unpaired) electrons. The van der Waals surface area contributed by atoms with Crippen LogP contribution in [0.3, 0.4) is 0 Å². The Hall–Kier alpha value is -2.44. The van der Waals surface area contributed by atoms with E-state index < -0.39 is 6.04 Å². The molecule has 0 saturated carbocycles. The molecule has 1 N–H and O–H groups in total. The summed E-state index contributed by atoms with van der Waals surface area (Å²) in [5.74, 6) is 0.803. The fraction of sp³-hybridized carbons (Fsp3) is 0.391. The van der Waals surface area contributed by atoms with Crippen LogP contribution in [0.4, 0.5) is 0 Å². The Morgan fingerprint density at radius 3 is 2.32 bits per heavy atom. The quantitative estimate of drug-likeness (QED) is 0.556. The minimum Gasteiger partial charge on any atom is -0.497 e. The van der Waals surface area contributed by atoms with Gasteiger partial charge in [-0.2, -0.15) is 0 Å². The first-order chi connectivity index (χ1) is 14.7. The van der Waals surface area contributed by atoms with E-state index in [1.54, 1.807) is 32.2 Å². The van der Waals surface area contributed by atoms with Gasteiger partial charge in [0.25, 0.3) is 5.91 Å². The van der Waals surface area contributed by atoms with Gasteiger partial charge in [0.1, 0.15) is 17.5 Å². The van der Waals surface area contributed by atoms with Crippen molar-refractivity contribution < 1.29 is 19.1 Å². The lowest BCUT2D eigenvalue weighted by Gasteiger charge is -2.29. The number of amides is 2. The van der Waals surface area contributed by atoms with Gasteiger partial charge in [0.2, 0.25) is 5.91 Å². The van der Waals surface area contributed by atoms with Gasteiger partial charge >= 0.3 is 0 Å². The van der Waals surface area contributed by atoms with E-state index in [1.807, 2.05) is 38.1 Å². The van der Waals surface area contributed by atoms with Crippen molar-refractivity contribution in [3.8, 4) is 11.5 Å². The first kappa shape index (κ1) is 24.8. The number of hydrogen-bond acceptors (Lipinski definition) is 4. The average Bonchev–Trinajstić information content (AvgIpc) is 2.74. The molecule has 2 rings (SSSR count). The van der Waals surface area contributed by atoms with Crippen molar-refractivity contribution in [1.82, 2.24) is 10.2 Å². The van der Waals surface area contributed by atoms with Crippen LogP contribution in [0.1, 0.15) is 26.3 Å². The third kappa shape index (κ3) is 7.64. The third-order valence-electron chi connectivity index (χ3n) is 4.61. The van der Waals surface area contributed by atoms with E-state index >= 15 is 0 Å². The lowest BCUT2D eigenvalue weighted by Crippen LogP contribution is -2.49. The Labute approximate surface area is 193 Å². The van der Waals surface area contributed by atoms with Gasteiger partial charge in [0, 0.05) is 18.1 Å². The van der Waals surface area contributed by atoms with Crippen LogP contribution in [0.25, 0.3) is 0 Å². The van der Waals surface area contributed by atoms with E-state index in [0.717, 1.165) is 5.56 Å². The van der Waals surface area contributed by atoms with E-state index in [1.165, 1.54) is 4.90 Å². The van der Waals surface area contributed by atoms with Gasteiger partial charge in [-0.05, 0) is 48.7 Å². The van der Waals surface area contributed by atoms with E-state index in [4.69, 9.17) is 32.7 Å². The molecule has 2 amide bonds. The number of ether oxygens (including phenoxy) is 2. The molecule has 0 saturated heterocycles. The van der Waals surface area contributed by atoms with Crippen molar-refractivity contribution in [1.29, 1.82) is 0 Å². The highest BCUT2D eigenvalue weighted by Crippen LogP contribution is 2.27. The Bertz CT molecular complexity index is 888. The Kier molecular flexibility index (Phi) is 9.46. The van der Waals surface area contributed by atoms with Crippen molar-refractivity contribution in [3.63, 3.8) is 0 Å². The lowest BCUT2D eigenvalue weighted by atomic mass is 10.1. The standard InChI is InChI=1S/C23H28Cl2N2O4/c1-15(2)12-26-23(29)16(3)27(13-17-5-8-19(30-4)9-6-17)22(28)14-31-21-10-7-18(24)11-20(21)25/h5-11,15-16H,12-14H2,1-4H3,(H,26,29). The van der Waals surface area contributed by atoms with Crippen molar-refractivity contribution in [2.24, 2.45) is 5.92 Å². The highest BCUT2D eigenvalue weighted by Gasteiger charge is 2.26. The van der Waals surface area contributed by atoms with Crippen LogP contribution in [-0.2, 0) is 16.1 Å². The third-order valence-corrected chi connectivity index (χ3v) is 5.14. The minimum atomic E-state index is -0.683. The number of halogens is 2. The molecule has 0 heterocycles. The van der Waals surface area contributed by atoms with E-state index in [-0.39, 0.29) is 25.0 Å². The largest absolute Gasteiger partial charge is 0.497 e. The molecule has 2 aromatic carbocycles. The molecule has 8 heteroatoms. The zero-order valence-corrected chi connectivity index (χ0v) is 19.7. The zero-order chi connectivity index (χ0) is 23.0.